The van der Waals surface area contributed by atoms with Gasteiger partial charge in [-0.3, -0.25) is 9.69 Å². The lowest BCUT2D eigenvalue weighted by atomic mass is 10.3. The molecule has 0 spiro atoms. The summed E-state index contributed by atoms with van der Waals surface area (Å²) in [6, 6.07) is 4.83. The molecule has 0 atom stereocenters. The molecule has 1 N–H and O–H groups in total. The number of carbonyl (C=O) groups excluding carboxylic acids is 1. The Morgan fingerprint density at radius 3 is 2.42 bits per heavy atom. The fourth-order valence-corrected chi connectivity index (χ4v) is 5.15. The predicted octanol–water partition coefficient (Wildman–Crippen LogP) is 1.90. The normalized spacial score (nSPS) is 19.0. The largest absolute Gasteiger partial charge is 0.492 e. The van der Waals surface area contributed by atoms with Crippen LogP contribution in [0.2, 0.25) is 0 Å². The van der Waals surface area contributed by atoms with E-state index in [0.717, 1.165) is 38.8 Å². The number of anilines is 1. The number of hydrogen-bond donors (Lipinski definition) is 1. The molecule has 1 aromatic carbocycles. The van der Waals surface area contributed by atoms with E-state index in [1.807, 2.05) is 6.92 Å². The molecule has 3 rings (SSSR count). The Morgan fingerprint density at radius 1 is 1.12 bits per heavy atom. The van der Waals surface area contributed by atoms with Gasteiger partial charge in [0.25, 0.3) is 0 Å². The van der Waals surface area contributed by atoms with Crippen molar-refractivity contribution in [1.82, 2.24) is 9.21 Å². The van der Waals surface area contributed by atoms with Gasteiger partial charge in [0, 0.05) is 18.8 Å². The van der Waals surface area contributed by atoms with Crippen molar-refractivity contribution in [2.24, 2.45) is 0 Å². The van der Waals surface area contributed by atoms with Crippen LogP contribution in [0.15, 0.2) is 23.1 Å². The van der Waals surface area contributed by atoms with Crippen molar-refractivity contribution in [3.63, 3.8) is 0 Å². The van der Waals surface area contributed by atoms with Gasteiger partial charge in [-0.05, 0) is 63.9 Å². The maximum Gasteiger partial charge on any atom is 0.246 e. The number of nitrogens with one attached hydrogen (secondary N) is 1. The minimum absolute atomic E-state index is 0.124. The molecule has 0 aliphatic carbocycles. The van der Waals surface area contributed by atoms with Gasteiger partial charge in [-0.2, -0.15) is 4.31 Å². The van der Waals surface area contributed by atoms with Crippen LogP contribution in [0.4, 0.5) is 5.69 Å². The van der Waals surface area contributed by atoms with Crippen LogP contribution in [0, 0.1) is 0 Å². The zero-order valence-electron chi connectivity index (χ0n) is 15.2. The number of ether oxygens (including phenoxy) is 1. The molecule has 0 saturated carbocycles. The molecule has 2 aliphatic heterocycles. The van der Waals surface area contributed by atoms with Gasteiger partial charge in [0.1, 0.15) is 10.6 Å². The second-order valence-electron chi connectivity index (χ2n) is 6.74. The molecule has 7 nitrogen and oxygen atoms in total. The number of likely N-dealkylation sites (tertiary alicyclic amines) is 1. The van der Waals surface area contributed by atoms with Gasteiger partial charge < -0.3 is 10.1 Å². The molecular weight excluding hydrogens is 354 g/mol. The molecule has 26 heavy (non-hydrogen) atoms. The van der Waals surface area contributed by atoms with Crippen LogP contribution in [0.3, 0.4) is 0 Å². The Hall–Kier alpha value is -1.64. The molecule has 2 fully saturated rings. The summed E-state index contributed by atoms with van der Waals surface area (Å²) in [7, 11) is -3.63. The first-order valence-corrected chi connectivity index (χ1v) is 10.7. The van der Waals surface area contributed by atoms with E-state index < -0.39 is 10.0 Å². The zero-order valence-corrected chi connectivity index (χ0v) is 16.1. The average Bonchev–Trinajstić information content (AvgIpc) is 3.30. The molecule has 0 radical (unpaired) electrons. The van der Waals surface area contributed by atoms with Gasteiger partial charge in [-0.15, -0.1) is 0 Å². The van der Waals surface area contributed by atoms with Gasteiger partial charge in [-0.1, -0.05) is 0 Å². The Bertz CT molecular complexity index is 739. The van der Waals surface area contributed by atoms with E-state index in [9.17, 15) is 13.2 Å². The molecule has 2 aliphatic rings. The van der Waals surface area contributed by atoms with Gasteiger partial charge in [0.05, 0.1) is 13.2 Å². The van der Waals surface area contributed by atoms with Crippen molar-refractivity contribution in [2.45, 2.75) is 37.5 Å². The number of nitrogens with zero attached hydrogens (tertiary/aromatic N) is 2. The number of benzene rings is 1. The van der Waals surface area contributed by atoms with Gasteiger partial charge >= 0.3 is 0 Å². The lowest BCUT2D eigenvalue weighted by Gasteiger charge is -2.19. The maximum absolute atomic E-state index is 13.0. The van der Waals surface area contributed by atoms with E-state index in [2.05, 4.69) is 10.2 Å². The quantitative estimate of drug-likeness (QED) is 0.780. The first-order valence-electron chi connectivity index (χ1n) is 9.30. The monoisotopic (exact) mass is 381 g/mol. The SMILES string of the molecule is CCOc1ccc(NC(=O)CN2CCCC2)cc1S(=O)(=O)N1CCCC1. The highest BCUT2D eigenvalue weighted by Gasteiger charge is 2.30. The van der Waals surface area contributed by atoms with E-state index in [1.54, 1.807) is 12.1 Å². The highest BCUT2D eigenvalue weighted by Crippen LogP contribution is 2.31. The Morgan fingerprint density at radius 2 is 1.77 bits per heavy atom. The van der Waals surface area contributed by atoms with Crippen LogP contribution >= 0.6 is 0 Å². The summed E-state index contributed by atoms with van der Waals surface area (Å²) in [4.78, 5) is 14.5. The third-order valence-corrected chi connectivity index (χ3v) is 6.70. The van der Waals surface area contributed by atoms with Crippen molar-refractivity contribution in [3.05, 3.63) is 18.2 Å². The number of sulfonamides is 1. The molecule has 2 heterocycles. The fourth-order valence-electron chi connectivity index (χ4n) is 3.47. The van der Waals surface area contributed by atoms with Crippen LogP contribution in [0.5, 0.6) is 5.75 Å². The Balaban J connectivity index is 1.80. The van der Waals surface area contributed by atoms with Crippen LogP contribution in [0.1, 0.15) is 32.6 Å². The number of carbonyl (C=O) groups is 1. The molecule has 0 aromatic heterocycles. The molecule has 0 bridgehead atoms. The summed E-state index contributed by atoms with van der Waals surface area (Å²) < 4.78 is 33.0. The van der Waals surface area contributed by atoms with Crippen molar-refractivity contribution < 1.29 is 17.9 Å². The number of rotatable bonds is 7. The topological polar surface area (TPSA) is 79.0 Å². The minimum Gasteiger partial charge on any atom is -0.492 e. The zero-order chi connectivity index (χ0) is 18.6. The van der Waals surface area contributed by atoms with Gasteiger partial charge in [-0.25, -0.2) is 8.42 Å². The van der Waals surface area contributed by atoms with Crippen molar-refractivity contribution in [1.29, 1.82) is 0 Å². The van der Waals surface area contributed by atoms with Crippen LogP contribution in [-0.4, -0.2) is 62.9 Å². The van der Waals surface area contributed by atoms with Crippen molar-refractivity contribution >= 4 is 21.6 Å². The summed E-state index contributed by atoms with van der Waals surface area (Å²) >= 11 is 0. The lowest BCUT2D eigenvalue weighted by Crippen LogP contribution is -2.31. The third-order valence-electron chi connectivity index (χ3n) is 4.78. The second-order valence-corrected chi connectivity index (χ2v) is 8.64. The second kappa shape index (κ2) is 8.37. The smallest absolute Gasteiger partial charge is 0.246 e. The average molecular weight is 381 g/mol. The third kappa shape index (κ3) is 4.36. The molecule has 8 heteroatoms. The van der Waals surface area contributed by atoms with E-state index in [1.165, 1.54) is 10.4 Å². The van der Waals surface area contributed by atoms with E-state index in [-0.39, 0.29) is 10.8 Å². The maximum atomic E-state index is 13.0. The molecule has 1 aromatic rings. The Kier molecular flexibility index (Phi) is 6.16. The molecular formula is C18H27N3O4S. The standard InChI is InChI=1S/C18H27N3O4S/c1-2-25-16-8-7-15(19-18(22)14-20-9-3-4-10-20)13-17(16)26(23,24)21-11-5-6-12-21/h7-8,13H,2-6,9-12,14H2,1H3,(H,19,22). The first kappa shape index (κ1) is 19.1. The molecule has 144 valence electrons. The summed E-state index contributed by atoms with van der Waals surface area (Å²) in [5, 5.41) is 2.82. The van der Waals surface area contributed by atoms with E-state index >= 15 is 0 Å². The summed E-state index contributed by atoms with van der Waals surface area (Å²) in [5.41, 5.74) is 0.482. The summed E-state index contributed by atoms with van der Waals surface area (Å²) in [6.07, 6.45) is 3.98. The number of hydrogen-bond acceptors (Lipinski definition) is 5. The predicted molar refractivity (Wildman–Crippen MR) is 99.9 cm³/mol. The first-order chi connectivity index (χ1) is 12.5. The van der Waals surface area contributed by atoms with Crippen LogP contribution < -0.4 is 10.1 Å². The van der Waals surface area contributed by atoms with Crippen molar-refractivity contribution in [3.8, 4) is 5.75 Å². The van der Waals surface area contributed by atoms with E-state index in [0.29, 0.717) is 37.7 Å². The van der Waals surface area contributed by atoms with Gasteiger partial charge in [0.15, 0.2) is 0 Å². The fraction of sp³-hybridized carbons (Fsp3) is 0.611. The van der Waals surface area contributed by atoms with Gasteiger partial charge in [0.2, 0.25) is 15.9 Å². The molecule has 1 amide bonds. The van der Waals surface area contributed by atoms with Crippen LogP contribution in [-0.2, 0) is 14.8 Å². The van der Waals surface area contributed by atoms with Crippen molar-refractivity contribution in [2.75, 3.05) is 44.6 Å². The Labute approximate surface area is 155 Å². The molecule has 2 saturated heterocycles. The highest BCUT2D eigenvalue weighted by atomic mass is 32.2. The molecule has 0 unspecified atom stereocenters. The highest BCUT2D eigenvalue weighted by molar-refractivity contribution is 7.89. The minimum atomic E-state index is -3.63. The van der Waals surface area contributed by atoms with E-state index in [4.69, 9.17) is 4.74 Å². The summed E-state index contributed by atoms with van der Waals surface area (Å²) in [5.74, 6) is 0.206. The lowest BCUT2D eigenvalue weighted by molar-refractivity contribution is -0.117. The summed E-state index contributed by atoms with van der Waals surface area (Å²) in [6.45, 7) is 5.46. The van der Waals surface area contributed by atoms with Crippen LogP contribution in [0.25, 0.3) is 0 Å². The number of amides is 1.